The van der Waals surface area contributed by atoms with Gasteiger partial charge in [-0.3, -0.25) is 4.79 Å². The number of nitrogens with zero attached hydrogens (tertiary/aromatic N) is 3. The van der Waals surface area contributed by atoms with Gasteiger partial charge in [0, 0.05) is 31.0 Å². The molecule has 2 atom stereocenters. The van der Waals surface area contributed by atoms with Crippen molar-refractivity contribution in [2.24, 2.45) is 5.92 Å². The molecule has 0 N–H and O–H groups in total. The lowest BCUT2D eigenvalue weighted by atomic mass is 9.96. The number of carbonyl (C=O) groups excluding carboxylic acids is 1. The first-order valence-electron chi connectivity index (χ1n) is 8.91. The summed E-state index contributed by atoms with van der Waals surface area (Å²) in [4.78, 5) is 21.9. The van der Waals surface area contributed by atoms with Crippen molar-refractivity contribution in [1.82, 2.24) is 4.98 Å². The fourth-order valence-electron chi connectivity index (χ4n) is 4.08. The molecule has 1 fully saturated rings. The highest BCUT2D eigenvalue weighted by atomic mass is 35.5. The lowest BCUT2D eigenvalue weighted by Gasteiger charge is -2.36. The summed E-state index contributed by atoms with van der Waals surface area (Å²) >= 11 is 6.30. The van der Waals surface area contributed by atoms with Crippen molar-refractivity contribution in [1.29, 1.82) is 0 Å². The van der Waals surface area contributed by atoms with Crippen LogP contribution in [0.4, 0.5) is 11.5 Å². The third-order valence-corrected chi connectivity index (χ3v) is 5.55. The minimum Gasteiger partial charge on any atom is -0.355 e. The van der Waals surface area contributed by atoms with Gasteiger partial charge in [0.25, 0.3) is 0 Å². The Morgan fingerprint density at radius 2 is 2.08 bits per heavy atom. The molecule has 2 aromatic rings. The molecule has 4 nitrogen and oxygen atoms in total. The van der Waals surface area contributed by atoms with Crippen LogP contribution in [0.5, 0.6) is 0 Å². The highest BCUT2D eigenvalue weighted by Gasteiger charge is 2.36. The number of benzene rings is 1. The monoisotopic (exact) mass is 355 g/mol. The lowest BCUT2D eigenvalue weighted by molar-refractivity contribution is -0.122. The van der Waals surface area contributed by atoms with Gasteiger partial charge in [-0.25, -0.2) is 4.98 Å². The predicted octanol–water partition coefficient (Wildman–Crippen LogP) is 3.93. The minimum atomic E-state index is -0.0135. The van der Waals surface area contributed by atoms with Gasteiger partial charge < -0.3 is 9.80 Å². The molecule has 1 amide bonds. The molecule has 0 radical (unpaired) electrons. The summed E-state index contributed by atoms with van der Waals surface area (Å²) in [5.74, 6) is 1.01. The fourth-order valence-corrected chi connectivity index (χ4v) is 4.32. The second kappa shape index (κ2) is 6.68. The summed E-state index contributed by atoms with van der Waals surface area (Å²) < 4.78 is 0. The standard InChI is InChI=1S/C20H22ClN3O/c1-14-12-15-6-2-3-9-18(15)24(14)20(25)16-7-5-11-23(13-16)19-17(21)8-4-10-22-19/h2-4,6,8-10,14,16H,5,7,11-13H2,1H3/t14-,16-/m0/s1. The van der Waals surface area contributed by atoms with E-state index in [2.05, 4.69) is 28.9 Å². The zero-order valence-corrected chi connectivity index (χ0v) is 15.1. The van der Waals surface area contributed by atoms with Crippen molar-refractivity contribution in [3.8, 4) is 0 Å². The molecule has 1 saturated heterocycles. The third-order valence-electron chi connectivity index (χ3n) is 5.25. The molecule has 2 aliphatic heterocycles. The molecule has 3 heterocycles. The van der Waals surface area contributed by atoms with E-state index in [1.807, 2.05) is 29.2 Å². The molecule has 0 saturated carbocycles. The molecule has 25 heavy (non-hydrogen) atoms. The average molecular weight is 356 g/mol. The molecule has 2 aliphatic rings. The topological polar surface area (TPSA) is 36.4 Å². The number of amides is 1. The van der Waals surface area contributed by atoms with Crippen LogP contribution < -0.4 is 9.80 Å². The van der Waals surface area contributed by atoms with Crippen molar-refractivity contribution < 1.29 is 4.79 Å². The van der Waals surface area contributed by atoms with E-state index in [0.29, 0.717) is 11.6 Å². The number of anilines is 2. The molecular formula is C20H22ClN3O. The first-order valence-corrected chi connectivity index (χ1v) is 9.29. The van der Waals surface area contributed by atoms with E-state index >= 15 is 0 Å². The molecule has 5 heteroatoms. The van der Waals surface area contributed by atoms with Crippen molar-refractivity contribution in [3.05, 3.63) is 53.2 Å². The van der Waals surface area contributed by atoms with E-state index in [1.165, 1.54) is 5.56 Å². The fraction of sp³-hybridized carbons (Fsp3) is 0.400. The maximum absolute atomic E-state index is 13.3. The van der Waals surface area contributed by atoms with Crippen molar-refractivity contribution in [2.75, 3.05) is 22.9 Å². The van der Waals surface area contributed by atoms with Crippen LogP contribution in [-0.4, -0.2) is 30.0 Å². The van der Waals surface area contributed by atoms with Crippen LogP contribution in [0.15, 0.2) is 42.6 Å². The number of hydrogen-bond donors (Lipinski definition) is 0. The molecule has 0 bridgehead atoms. The summed E-state index contributed by atoms with van der Waals surface area (Å²) in [6.07, 6.45) is 4.59. The largest absolute Gasteiger partial charge is 0.355 e. The summed E-state index contributed by atoms with van der Waals surface area (Å²) in [5.41, 5.74) is 2.34. The van der Waals surface area contributed by atoms with Gasteiger partial charge in [0.2, 0.25) is 5.91 Å². The van der Waals surface area contributed by atoms with Crippen LogP contribution in [0, 0.1) is 5.92 Å². The number of rotatable bonds is 2. The smallest absolute Gasteiger partial charge is 0.232 e. The molecule has 1 aromatic heterocycles. The number of aromatic nitrogens is 1. The van der Waals surface area contributed by atoms with E-state index < -0.39 is 0 Å². The summed E-state index contributed by atoms with van der Waals surface area (Å²) in [6.45, 7) is 3.71. The van der Waals surface area contributed by atoms with Crippen LogP contribution in [0.2, 0.25) is 5.02 Å². The highest BCUT2D eigenvalue weighted by Crippen LogP contribution is 2.35. The zero-order valence-electron chi connectivity index (χ0n) is 14.4. The Labute approximate surface area is 153 Å². The van der Waals surface area contributed by atoms with Gasteiger partial charge in [0.15, 0.2) is 0 Å². The zero-order chi connectivity index (χ0) is 17.4. The second-order valence-corrected chi connectivity index (χ2v) is 7.39. The van der Waals surface area contributed by atoms with E-state index in [4.69, 9.17) is 11.6 Å². The molecule has 4 rings (SSSR count). The summed E-state index contributed by atoms with van der Waals surface area (Å²) in [7, 11) is 0. The van der Waals surface area contributed by atoms with Gasteiger partial charge in [-0.2, -0.15) is 0 Å². The van der Waals surface area contributed by atoms with Crippen LogP contribution >= 0.6 is 11.6 Å². The molecule has 0 spiro atoms. The SMILES string of the molecule is C[C@H]1Cc2ccccc2N1C(=O)[C@H]1CCCN(c2ncccc2Cl)C1. The quantitative estimate of drug-likeness (QED) is 0.819. The number of carbonyl (C=O) groups is 1. The summed E-state index contributed by atoms with van der Waals surface area (Å²) in [5, 5.41) is 0.649. The Balaban J connectivity index is 1.56. The van der Waals surface area contributed by atoms with Crippen LogP contribution in [0.25, 0.3) is 0 Å². The molecule has 1 aromatic carbocycles. The van der Waals surface area contributed by atoms with E-state index in [1.54, 1.807) is 6.20 Å². The van der Waals surface area contributed by atoms with Crippen molar-refractivity contribution in [3.63, 3.8) is 0 Å². The molecule has 130 valence electrons. The number of piperidine rings is 1. The van der Waals surface area contributed by atoms with E-state index in [-0.39, 0.29) is 17.9 Å². The van der Waals surface area contributed by atoms with Gasteiger partial charge in [-0.15, -0.1) is 0 Å². The second-order valence-electron chi connectivity index (χ2n) is 6.98. The highest BCUT2D eigenvalue weighted by molar-refractivity contribution is 6.32. The summed E-state index contributed by atoms with van der Waals surface area (Å²) in [6, 6.07) is 12.2. The van der Waals surface area contributed by atoms with E-state index in [0.717, 1.165) is 37.3 Å². The number of hydrogen-bond acceptors (Lipinski definition) is 3. The van der Waals surface area contributed by atoms with Crippen LogP contribution in [-0.2, 0) is 11.2 Å². The van der Waals surface area contributed by atoms with Crippen LogP contribution in [0.3, 0.4) is 0 Å². The minimum absolute atomic E-state index is 0.0135. The average Bonchev–Trinajstić information content (AvgIpc) is 2.97. The lowest BCUT2D eigenvalue weighted by Crippen LogP contribution is -2.47. The number of pyridine rings is 1. The maximum atomic E-state index is 13.3. The maximum Gasteiger partial charge on any atom is 0.232 e. The first kappa shape index (κ1) is 16.4. The Hall–Kier alpha value is -2.07. The van der Waals surface area contributed by atoms with Gasteiger partial charge in [0.1, 0.15) is 5.82 Å². The number of fused-ring (bicyclic) bond motifs is 1. The Bertz CT molecular complexity index is 794. The molecule has 0 unspecified atom stereocenters. The number of para-hydroxylation sites is 1. The van der Waals surface area contributed by atoms with Gasteiger partial charge >= 0.3 is 0 Å². The van der Waals surface area contributed by atoms with Gasteiger partial charge in [-0.05, 0) is 49.9 Å². The number of halogens is 1. The predicted molar refractivity (Wildman–Crippen MR) is 101 cm³/mol. The molecule has 0 aliphatic carbocycles. The van der Waals surface area contributed by atoms with E-state index in [9.17, 15) is 4.79 Å². The van der Waals surface area contributed by atoms with Crippen molar-refractivity contribution >= 4 is 29.0 Å². The van der Waals surface area contributed by atoms with Gasteiger partial charge in [0.05, 0.1) is 10.9 Å². The Kier molecular flexibility index (Phi) is 4.38. The Morgan fingerprint density at radius 3 is 2.92 bits per heavy atom. The van der Waals surface area contributed by atoms with Gasteiger partial charge in [-0.1, -0.05) is 29.8 Å². The first-order chi connectivity index (χ1) is 12.1. The normalized spacial score (nSPS) is 22.8. The van der Waals surface area contributed by atoms with Crippen molar-refractivity contribution in [2.45, 2.75) is 32.2 Å². The molecular weight excluding hydrogens is 334 g/mol. The Morgan fingerprint density at radius 1 is 1.24 bits per heavy atom. The van der Waals surface area contributed by atoms with Crippen LogP contribution in [0.1, 0.15) is 25.3 Å². The third kappa shape index (κ3) is 2.99.